The normalized spacial score (nSPS) is 16.1. The number of hydrogen-bond acceptors (Lipinski definition) is 2. The first-order valence-corrected chi connectivity index (χ1v) is 6.41. The number of hydrogen-bond donors (Lipinski definition) is 2. The molecule has 1 aliphatic rings. The Hall–Kier alpha value is -1.91. The number of carboxylic acids is 1. The largest absolute Gasteiger partial charge is 0.478 e. The van der Waals surface area contributed by atoms with Crippen LogP contribution in [0.25, 0.3) is 0 Å². The molecule has 0 spiro atoms. The summed E-state index contributed by atoms with van der Waals surface area (Å²) in [5, 5.41) is 11.5. The summed E-state index contributed by atoms with van der Waals surface area (Å²) in [6.07, 6.45) is 5.16. The van der Waals surface area contributed by atoms with Crippen molar-refractivity contribution in [1.29, 1.82) is 0 Å². The lowest BCUT2D eigenvalue weighted by Crippen LogP contribution is -2.36. The van der Waals surface area contributed by atoms with Gasteiger partial charge in [0.25, 0.3) is 5.91 Å². The maximum atomic E-state index is 13.7. The Labute approximate surface area is 110 Å². The highest BCUT2D eigenvalue weighted by atomic mass is 19.1. The van der Waals surface area contributed by atoms with Crippen LogP contribution in [0.4, 0.5) is 4.39 Å². The number of halogens is 1. The summed E-state index contributed by atoms with van der Waals surface area (Å²) in [7, 11) is 0. The molecule has 0 unspecified atom stereocenters. The van der Waals surface area contributed by atoms with Gasteiger partial charge in [0.15, 0.2) is 0 Å². The maximum absolute atomic E-state index is 13.7. The number of nitrogens with one attached hydrogen (secondary N) is 1. The van der Waals surface area contributed by atoms with Crippen molar-refractivity contribution in [2.24, 2.45) is 0 Å². The van der Waals surface area contributed by atoms with Crippen molar-refractivity contribution in [2.45, 2.75) is 38.1 Å². The van der Waals surface area contributed by atoms with Gasteiger partial charge in [-0.3, -0.25) is 4.79 Å². The van der Waals surface area contributed by atoms with Crippen LogP contribution in [0, 0.1) is 5.82 Å². The standard InChI is InChI=1S/C14H16FNO3/c15-12-8-9(14(18)19)6-7-11(12)13(17)16-10-4-2-1-3-5-10/h6-8,10H,1-5H2,(H,16,17)(H,18,19). The molecule has 0 heterocycles. The Morgan fingerprint density at radius 1 is 1.21 bits per heavy atom. The molecule has 1 saturated carbocycles. The van der Waals surface area contributed by atoms with Crippen LogP contribution in [0.3, 0.4) is 0 Å². The third-order valence-electron chi connectivity index (χ3n) is 3.40. The first-order valence-electron chi connectivity index (χ1n) is 6.41. The van der Waals surface area contributed by atoms with Crippen molar-refractivity contribution in [3.63, 3.8) is 0 Å². The zero-order valence-corrected chi connectivity index (χ0v) is 10.5. The minimum Gasteiger partial charge on any atom is -0.478 e. The van der Waals surface area contributed by atoms with Crippen LogP contribution >= 0.6 is 0 Å². The second kappa shape index (κ2) is 5.82. The molecule has 5 heteroatoms. The smallest absolute Gasteiger partial charge is 0.335 e. The molecule has 0 saturated heterocycles. The van der Waals surface area contributed by atoms with Crippen LogP contribution in [0.2, 0.25) is 0 Å². The molecule has 1 fully saturated rings. The predicted octanol–water partition coefficient (Wildman–Crippen LogP) is 2.59. The zero-order chi connectivity index (χ0) is 13.8. The van der Waals surface area contributed by atoms with Gasteiger partial charge >= 0.3 is 5.97 Å². The van der Waals surface area contributed by atoms with Gasteiger partial charge in [-0.15, -0.1) is 0 Å². The first-order chi connectivity index (χ1) is 9.08. The highest BCUT2D eigenvalue weighted by Crippen LogP contribution is 2.18. The fraction of sp³-hybridized carbons (Fsp3) is 0.429. The molecule has 1 aromatic rings. The SMILES string of the molecule is O=C(O)c1ccc(C(=O)NC2CCCCC2)c(F)c1. The van der Waals surface area contributed by atoms with Gasteiger partial charge in [0.05, 0.1) is 11.1 Å². The molecule has 1 amide bonds. The first kappa shape index (κ1) is 13.5. The van der Waals surface area contributed by atoms with Crippen LogP contribution in [-0.4, -0.2) is 23.0 Å². The van der Waals surface area contributed by atoms with E-state index in [4.69, 9.17) is 5.11 Å². The average Bonchev–Trinajstić information content (AvgIpc) is 2.39. The molecular formula is C14H16FNO3. The number of aromatic carboxylic acids is 1. The summed E-state index contributed by atoms with van der Waals surface area (Å²) < 4.78 is 13.7. The Bertz CT molecular complexity index is 495. The Balaban J connectivity index is 2.08. The van der Waals surface area contributed by atoms with E-state index in [-0.39, 0.29) is 17.2 Å². The molecule has 0 radical (unpaired) electrons. The lowest BCUT2D eigenvalue weighted by molar-refractivity contribution is 0.0695. The minimum absolute atomic E-state index is 0.0970. The topological polar surface area (TPSA) is 66.4 Å². The van der Waals surface area contributed by atoms with Gasteiger partial charge in [-0.05, 0) is 31.0 Å². The molecule has 19 heavy (non-hydrogen) atoms. The molecule has 102 valence electrons. The van der Waals surface area contributed by atoms with Gasteiger partial charge in [0, 0.05) is 6.04 Å². The van der Waals surface area contributed by atoms with Crippen molar-refractivity contribution in [3.8, 4) is 0 Å². The van der Waals surface area contributed by atoms with Crippen molar-refractivity contribution in [3.05, 3.63) is 35.1 Å². The summed E-state index contributed by atoms with van der Waals surface area (Å²) in [6.45, 7) is 0. The van der Waals surface area contributed by atoms with Gasteiger partial charge in [0.1, 0.15) is 5.82 Å². The van der Waals surface area contributed by atoms with Crippen LogP contribution in [0.1, 0.15) is 52.8 Å². The van der Waals surface area contributed by atoms with E-state index in [2.05, 4.69) is 5.32 Å². The number of carbonyl (C=O) groups excluding carboxylic acids is 1. The third kappa shape index (κ3) is 3.30. The third-order valence-corrected chi connectivity index (χ3v) is 3.40. The van der Waals surface area contributed by atoms with Gasteiger partial charge in [-0.25, -0.2) is 9.18 Å². The summed E-state index contributed by atoms with van der Waals surface area (Å²) in [4.78, 5) is 22.6. The van der Waals surface area contributed by atoms with Gasteiger partial charge in [-0.2, -0.15) is 0 Å². The van der Waals surface area contributed by atoms with Crippen molar-refractivity contribution >= 4 is 11.9 Å². The van der Waals surface area contributed by atoms with E-state index >= 15 is 0 Å². The van der Waals surface area contributed by atoms with Gasteiger partial charge in [-0.1, -0.05) is 19.3 Å². The quantitative estimate of drug-likeness (QED) is 0.882. The molecule has 2 rings (SSSR count). The van der Waals surface area contributed by atoms with E-state index in [1.807, 2.05) is 0 Å². The molecule has 4 nitrogen and oxygen atoms in total. The molecule has 0 aromatic heterocycles. The minimum atomic E-state index is -1.21. The van der Waals surface area contributed by atoms with E-state index in [1.54, 1.807) is 0 Å². The number of amides is 1. The fourth-order valence-corrected chi connectivity index (χ4v) is 2.34. The molecule has 1 aliphatic carbocycles. The van der Waals surface area contributed by atoms with Crippen molar-refractivity contribution < 1.29 is 19.1 Å². The Morgan fingerprint density at radius 3 is 2.47 bits per heavy atom. The Morgan fingerprint density at radius 2 is 1.89 bits per heavy atom. The van der Waals surface area contributed by atoms with Crippen LogP contribution in [-0.2, 0) is 0 Å². The summed E-state index contributed by atoms with van der Waals surface area (Å²) in [5.41, 5.74) is -0.262. The van der Waals surface area contributed by atoms with Crippen LogP contribution in [0.5, 0.6) is 0 Å². The highest BCUT2D eigenvalue weighted by molar-refractivity contribution is 5.96. The van der Waals surface area contributed by atoms with Crippen molar-refractivity contribution in [1.82, 2.24) is 5.32 Å². The molecule has 0 bridgehead atoms. The molecular weight excluding hydrogens is 249 g/mol. The highest BCUT2D eigenvalue weighted by Gasteiger charge is 2.19. The number of rotatable bonds is 3. The maximum Gasteiger partial charge on any atom is 0.335 e. The second-order valence-corrected chi connectivity index (χ2v) is 4.81. The van der Waals surface area contributed by atoms with Crippen molar-refractivity contribution in [2.75, 3.05) is 0 Å². The zero-order valence-electron chi connectivity index (χ0n) is 10.5. The van der Waals surface area contributed by atoms with E-state index in [0.29, 0.717) is 0 Å². The molecule has 1 aromatic carbocycles. The summed E-state index contributed by atoms with van der Waals surface area (Å²) >= 11 is 0. The van der Waals surface area contributed by atoms with Crippen LogP contribution < -0.4 is 5.32 Å². The van der Waals surface area contributed by atoms with E-state index < -0.39 is 17.7 Å². The second-order valence-electron chi connectivity index (χ2n) is 4.81. The number of carboxylic acid groups (broad SMARTS) is 1. The van der Waals surface area contributed by atoms with Gasteiger partial charge in [0.2, 0.25) is 0 Å². The summed E-state index contributed by atoms with van der Waals surface area (Å²) in [6, 6.07) is 3.43. The van der Waals surface area contributed by atoms with Gasteiger partial charge < -0.3 is 10.4 Å². The van der Waals surface area contributed by atoms with Crippen LogP contribution in [0.15, 0.2) is 18.2 Å². The summed E-state index contributed by atoms with van der Waals surface area (Å²) in [5.74, 6) is -2.48. The molecule has 0 atom stereocenters. The van der Waals surface area contributed by atoms with E-state index in [1.165, 1.54) is 18.6 Å². The Kier molecular flexibility index (Phi) is 4.14. The molecule has 0 aliphatic heterocycles. The molecule has 2 N–H and O–H groups in total. The number of carbonyl (C=O) groups is 2. The lowest BCUT2D eigenvalue weighted by atomic mass is 9.95. The average molecular weight is 265 g/mol. The number of benzene rings is 1. The lowest BCUT2D eigenvalue weighted by Gasteiger charge is -2.22. The van der Waals surface area contributed by atoms with E-state index in [0.717, 1.165) is 31.7 Å². The monoisotopic (exact) mass is 265 g/mol. The predicted molar refractivity (Wildman–Crippen MR) is 67.7 cm³/mol. The van der Waals surface area contributed by atoms with E-state index in [9.17, 15) is 14.0 Å². The fourth-order valence-electron chi connectivity index (χ4n) is 2.34.